The summed E-state index contributed by atoms with van der Waals surface area (Å²) < 4.78 is 7.40. The second-order valence-corrected chi connectivity index (χ2v) is 12.2. The highest BCUT2D eigenvalue weighted by Gasteiger charge is 2.30. The molecule has 0 aliphatic carbocycles. The quantitative estimate of drug-likeness (QED) is 0.308. The van der Waals surface area contributed by atoms with Crippen LogP contribution >= 0.6 is 0 Å². The fourth-order valence-corrected chi connectivity index (χ4v) is 4.89. The van der Waals surface area contributed by atoms with Gasteiger partial charge in [-0.2, -0.15) is 5.10 Å². The average molecular weight is 560 g/mol. The lowest BCUT2D eigenvalue weighted by atomic mass is 9.96. The van der Waals surface area contributed by atoms with Crippen LogP contribution in [0.1, 0.15) is 68.4 Å². The van der Waals surface area contributed by atoms with Gasteiger partial charge >= 0.3 is 11.8 Å². The predicted octanol–water partition coefficient (Wildman–Crippen LogP) is 3.40. The molecule has 12 heteroatoms. The Balaban J connectivity index is 1.42. The Hall–Kier alpha value is -4.16. The van der Waals surface area contributed by atoms with Crippen LogP contribution in [0.15, 0.2) is 47.3 Å². The molecule has 216 valence electrons. The van der Waals surface area contributed by atoms with E-state index in [9.17, 15) is 9.90 Å². The van der Waals surface area contributed by atoms with Crippen molar-refractivity contribution < 1.29 is 14.3 Å². The largest absolute Gasteiger partial charge is 0.416 e. The van der Waals surface area contributed by atoms with Gasteiger partial charge in [0.2, 0.25) is 11.8 Å². The van der Waals surface area contributed by atoms with Crippen LogP contribution in [0.25, 0.3) is 11.3 Å². The summed E-state index contributed by atoms with van der Waals surface area (Å²) in [5.74, 6) is 0.377. The Labute approximate surface area is 239 Å². The van der Waals surface area contributed by atoms with Gasteiger partial charge in [-0.25, -0.2) is 9.97 Å². The smallest absolute Gasteiger partial charge is 0.309 e. The summed E-state index contributed by atoms with van der Waals surface area (Å²) in [7, 11) is 1.85. The fourth-order valence-electron chi connectivity index (χ4n) is 4.89. The highest BCUT2D eigenvalue weighted by atomic mass is 16.4. The lowest BCUT2D eigenvalue weighted by molar-refractivity contribution is 0.0343. The van der Waals surface area contributed by atoms with Crippen molar-refractivity contribution in [3.05, 3.63) is 65.8 Å². The van der Waals surface area contributed by atoms with Crippen molar-refractivity contribution in [3.63, 3.8) is 0 Å². The van der Waals surface area contributed by atoms with Crippen LogP contribution in [0.2, 0.25) is 0 Å². The number of fused-ring (bicyclic) bond motifs is 1. The SMILES string of the molecule is Cn1cc(Nc2nccc(-c3ccc4c(c3)CCN(CC(C)(C)O)C[C@@H]4NC(=O)c3nnc(C(C)(C)C)o3)n2)cn1. The Bertz CT molecular complexity index is 1530. The monoisotopic (exact) mass is 559 g/mol. The second-order valence-electron chi connectivity index (χ2n) is 12.2. The van der Waals surface area contributed by atoms with E-state index in [0.29, 0.717) is 24.9 Å². The number of rotatable bonds is 7. The normalized spacial score (nSPS) is 16.2. The summed E-state index contributed by atoms with van der Waals surface area (Å²) in [6.45, 7) is 11.1. The maximum Gasteiger partial charge on any atom is 0.309 e. The maximum atomic E-state index is 13.2. The third-order valence-electron chi connectivity index (χ3n) is 6.75. The number of aromatic nitrogens is 6. The molecule has 0 bridgehead atoms. The van der Waals surface area contributed by atoms with Crippen molar-refractivity contribution in [2.45, 2.75) is 58.1 Å². The molecule has 4 heterocycles. The Kier molecular flexibility index (Phi) is 7.62. The fraction of sp³-hybridized carbons (Fsp3) is 0.448. The van der Waals surface area contributed by atoms with E-state index in [2.05, 4.69) is 41.9 Å². The van der Waals surface area contributed by atoms with Crippen molar-refractivity contribution in [3.8, 4) is 11.3 Å². The molecule has 3 N–H and O–H groups in total. The van der Waals surface area contributed by atoms with E-state index in [1.54, 1.807) is 30.9 Å². The van der Waals surface area contributed by atoms with E-state index in [0.717, 1.165) is 41.0 Å². The molecule has 0 spiro atoms. The molecule has 0 saturated heterocycles. The van der Waals surface area contributed by atoms with E-state index in [1.165, 1.54) is 0 Å². The minimum atomic E-state index is -0.886. The summed E-state index contributed by atoms with van der Waals surface area (Å²) >= 11 is 0. The van der Waals surface area contributed by atoms with Crippen LogP contribution in [0.3, 0.4) is 0 Å². The van der Waals surface area contributed by atoms with Gasteiger partial charge < -0.3 is 20.2 Å². The van der Waals surface area contributed by atoms with Crippen molar-refractivity contribution in [2.75, 3.05) is 25.0 Å². The Morgan fingerprint density at radius 3 is 2.66 bits per heavy atom. The zero-order valence-corrected chi connectivity index (χ0v) is 24.3. The van der Waals surface area contributed by atoms with Crippen molar-refractivity contribution in [1.82, 2.24) is 40.2 Å². The first-order valence-corrected chi connectivity index (χ1v) is 13.7. The highest BCUT2D eigenvalue weighted by molar-refractivity contribution is 5.89. The number of nitrogens with one attached hydrogen (secondary N) is 2. The Morgan fingerprint density at radius 2 is 1.98 bits per heavy atom. The predicted molar refractivity (Wildman–Crippen MR) is 154 cm³/mol. The first kappa shape index (κ1) is 28.4. The number of β-amino-alcohol motifs (C(OH)–C–C–N with tert-alkyl or cyclic N) is 1. The molecule has 1 atom stereocenters. The van der Waals surface area contributed by atoms with Crippen LogP contribution in [0.5, 0.6) is 0 Å². The zero-order chi connectivity index (χ0) is 29.4. The van der Waals surface area contributed by atoms with Gasteiger partial charge in [-0.1, -0.05) is 32.9 Å². The minimum Gasteiger partial charge on any atom is -0.416 e. The molecule has 0 saturated carbocycles. The molecule has 1 aliphatic rings. The molecule has 5 rings (SSSR count). The summed E-state index contributed by atoms with van der Waals surface area (Å²) in [5, 5.41) is 29.1. The van der Waals surface area contributed by atoms with Crippen LogP contribution < -0.4 is 10.6 Å². The number of carbonyl (C=O) groups excluding carboxylic acids is 1. The van der Waals surface area contributed by atoms with Gasteiger partial charge in [0.15, 0.2) is 0 Å². The minimum absolute atomic E-state index is 0.0685. The third kappa shape index (κ3) is 6.95. The molecule has 0 unspecified atom stereocenters. The summed E-state index contributed by atoms with van der Waals surface area (Å²) in [4.78, 5) is 24.5. The molecule has 3 aromatic heterocycles. The van der Waals surface area contributed by atoms with Crippen molar-refractivity contribution in [1.29, 1.82) is 0 Å². The molecule has 1 amide bonds. The average Bonchev–Trinajstić information content (AvgIpc) is 3.52. The summed E-state index contributed by atoms with van der Waals surface area (Å²) in [6.07, 6.45) is 6.03. The number of carbonyl (C=O) groups is 1. The second kappa shape index (κ2) is 11.0. The molecule has 0 fully saturated rings. The van der Waals surface area contributed by atoms with E-state index in [-0.39, 0.29) is 17.3 Å². The lowest BCUT2D eigenvalue weighted by Crippen LogP contribution is -2.43. The first-order valence-electron chi connectivity index (χ1n) is 13.7. The number of hydrogen-bond donors (Lipinski definition) is 3. The number of hydrogen-bond acceptors (Lipinski definition) is 10. The molecule has 4 aromatic rings. The molecule has 12 nitrogen and oxygen atoms in total. The van der Waals surface area contributed by atoms with Crippen LogP contribution in [0, 0.1) is 0 Å². The van der Waals surface area contributed by atoms with Crippen LogP contribution in [0.4, 0.5) is 11.6 Å². The van der Waals surface area contributed by atoms with Gasteiger partial charge in [-0.05, 0) is 43.5 Å². The van der Waals surface area contributed by atoms with Gasteiger partial charge in [0.1, 0.15) is 0 Å². The molecular formula is C29H37N9O3. The number of benzene rings is 1. The van der Waals surface area contributed by atoms with Gasteiger partial charge in [0.05, 0.1) is 29.2 Å². The van der Waals surface area contributed by atoms with Gasteiger partial charge in [-0.3, -0.25) is 14.4 Å². The molecule has 1 aliphatic heterocycles. The number of aryl methyl sites for hydroxylation is 1. The third-order valence-corrected chi connectivity index (χ3v) is 6.75. The molecule has 1 aromatic carbocycles. The standard InChI is InChI=1S/C29H37N9O3/c1-28(2,3)26-36-35-25(41-26)24(39)33-23-16-38(17-29(4,5)40)12-10-18-13-19(7-8-21(18)23)22-9-11-30-27(34-22)32-20-14-31-37(6)15-20/h7-9,11,13-15,23,40H,10,12,16-17H2,1-6H3,(H,33,39)(H,30,32,34)/t23-/m0/s1. The first-order chi connectivity index (χ1) is 19.3. The van der Waals surface area contributed by atoms with E-state index >= 15 is 0 Å². The van der Waals surface area contributed by atoms with Gasteiger partial charge in [-0.15, -0.1) is 10.2 Å². The summed E-state index contributed by atoms with van der Waals surface area (Å²) in [5.41, 5.74) is 3.34. The van der Waals surface area contributed by atoms with Crippen LogP contribution in [-0.4, -0.2) is 71.1 Å². The maximum absolute atomic E-state index is 13.2. The van der Waals surface area contributed by atoms with Gasteiger partial charge in [0, 0.05) is 50.1 Å². The van der Waals surface area contributed by atoms with Gasteiger partial charge in [0.25, 0.3) is 0 Å². The topological polar surface area (TPSA) is 147 Å². The van der Waals surface area contributed by atoms with Crippen LogP contribution in [-0.2, 0) is 18.9 Å². The van der Waals surface area contributed by atoms with E-state index in [4.69, 9.17) is 9.40 Å². The van der Waals surface area contributed by atoms with Crippen molar-refractivity contribution in [2.24, 2.45) is 7.05 Å². The van der Waals surface area contributed by atoms with E-state index < -0.39 is 11.5 Å². The number of amides is 1. The zero-order valence-electron chi connectivity index (χ0n) is 24.3. The lowest BCUT2D eigenvalue weighted by Gasteiger charge is -2.30. The molecule has 0 radical (unpaired) electrons. The highest BCUT2D eigenvalue weighted by Crippen LogP contribution is 2.30. The number of nitrogens with zero attached hydrogens (tertiary/aromatic N) is 7. The van der Waals surface area contributed by atoms with E-state index in [1.807, 2.05) is 52.2 Å². The van der Waals surface area contributed by atoms with Crippen molar-refractivity contribution >= 4 is 17.5 Å². The molecule has 41 heavy (non-hydrogen) atoms. The number of anilines is 2. The number of aliphatic hydroxyl groups is 1. The molecular weight excluding hydrogens is 522 g/mol. The Morgan fingerprint density at radius 1 is 1.17 bits per heavy atom. The summed E-state index contributed by atoms with van der Waals surface area (Å²) in [6, 6.07) is 7.67.